The summed E-state index contributed by atoms with van der Waals surface area (Å²) < 4.78 is 0. The van der Waals surface area contributed by atoms with Crippen LogP contribution in [0.4, 0.5) is 5.69 Å². The van der Waals surface area contributed by atoms with Crippen molar-refractivity contribution in [1.82, 2.24) is 5.43 Å². The Balaban J connectivity index is 2.04. The quantitative estimate of drug-likeness (QED) is 0.387. The summed E-state index contributed by atoms with van der Waals surface area (Å²) in [5.74, 6) is -2.04. The van der Waals surface area contributed by atoms with Gasteiger partial charge in [-0.05, 0) is 37.1 Å². The molecular formula is C19H19N3O4S. The molecule has 2 amide bonds. The van der Waals surface area contributed by atoms with E-state index in [0.717, 1.165) is 23.5 Å². The first-order chi connectivity index (χ1) is 12.9. The minimum atomic E-state index is -1.20. The van der Waals surface area contributed by atoms with Crippen molar-refractivity contribution in [3.8, 4) is 0 Å². The SMILES string of the molecule is CCc1cc(C(=O)N/N=C(\C)c2cccc(NC(=O)/C=C/C(=O)O)c2)cs1. The van der Waals surface area contributed by atoms with Gasteiger partial charge in [-0.3, -0.25) is 9.59 Å². The highest BCUT2D eigenvalue weighted by Gasteiger charge is 2.08. The highest BCUT2D eigenvalue weighted by atomic mass is 32.1. The monoisotopic (exact) mass is 385 g/mol. The standard InChI is InChI=1S/C19H19N3O4S/c1-3-16-10-14(11-27-16)19(26)22-21-12(2)13-5-4-6-15(9-13)20-17(23)7-8-18(24)25/h4-11H,3H2,1-2H3,(H,20,23)(H,22,26)(H,24,25)/b8-7+,21-12+. The number of carbonyl (C=O) groups is 3. The summed E-state index contributed by atoms with van der Waals surface area (Å²) in [6, 6.07) is 8.69. The largest absolute Gasteiger partial charge is 0.478 e. The second-order valence-corrected chi connectivity index (χ2v) is 6.53. The summed E-state index contributed by atoms with van der Waals surface area (Å²) in [5, 5.41) is 17.0. The van der Waals surface area contributed by atoms with E-state index < -0.39 is 11.9 Å². The number of thiophene rings is 1. The molecule has 0 aliphatic rings. The molecule has 0 saturated heterocycles. The van der Waals surface area contributed by atoms with Crippen LogP contribution in [0, 0.1) is 0 Å². The van der Waals surface area contributed by atoms with Gasteiger partial charge in [-0.15, -0.1) is 11.3 Å². The fourth-order valence-electron chi connectivity index (χ4n) is 2.10. The number of nitrogens with zero attached hydrogens (tertiary/aromatic N) is 1. The first-order valence-corrected chi connectivity index (χ1v) is 9.01. The summed E-state index contributed by atoms with van der Waals surface area (Å²) >= 11 is 1.53. The van der Waals surface area contributed by atoms with Crippen LogP contribution in [0.2, 0.25) is 0 Å². The summed E-state index contributed by atoms with van der Waals surface area (Å²) in [6.45, 7) is 3.76. The van der Waals surface area contributed by atoms with Gasteiger partial charge in [0.2, 0.25) is 5.91 Å². The van der Waals surface area contributed by atoms with E-state index in [4.69, 9.17) is 5.11 Å². The summed E-state index contributed by atoms with van der Waals surface area (Å²) in [7, 11) is 0. The van der Waals surface area contributed by atoms with Crippen LogP contribution in [0.15, 0.2) is 53.0 Å². The number of anilines is 1. The fraction of sp³-hybridized carbons (Fsp3) is 0.158. The van der Waals surface area contributed by atoms with E-state index in [-0.39, 0.29) is 5.91 Å². The van der Waals surface area contributed by atoms with Gasteiger partial charge in [0, 0.05) is 28.1 Å². The molecule has 27 heavy (non-hydrogen) atoms. The molecule has 2 rings (SSSR count). The third-order valence-corrected chi connectivity index (χ3v) is 4.60. The molecule has 0 radical (unpaired) electrons. The van der Waals surface area contributed by atoms with E-state index in [1.807, 2.05) is 13.0 Å². The number of aryl methyl sites for hydroxylation is 1. The Morgan fingerprint density at radius 2 is 1.96 bits per heavy atom. The molecule has 0 atom stereocenters. The Kier molecular flexibility index (Phi) is 7.01. The average Bonchev–Trinajstić information content (AvgIpc) is 3.13. The van der Waals surface area contributed by atoms with Crippen molar-refractivity contribution in [3.05, 3.63) is 63.9 Å². The molecule has 0 spiro atoms. The molecule has 140 valence electrons. The summed E-state index contributed by atoms with van der Waals surface area (Å²) in [6.07, 6.45) is 2.57. The van der Waals surface area contributed by atoms with Crippen LogP contribution in [-0.2, 0) is 16.0 Å². The molecule has 0 unspecified atom stereocenters. The lowest BCUT2D eigenvalue weighted by molar-refractivity contribution is -0.131. The maximum Gasteiger partial charge on any atom is 0.328 e. The topological polar surface area (TPSA) is 108 Å². The smallest absolute Gasteiger partial charge is 0.328 e. The van der Waals surface area contributed by atoms with Crippen molar-refractivity contribution in [2.45, 2.75) is 20.3 Å². The van der Waals surface area contributed by atoms with Crippen LogP contribution >= 0.6 is 11.3 Å². The zero-order valence-electron chi connectivity index (χ0n) is 14.9. The van der Waals surface area contributed by atoms with Gasteiger partial charge in [0.1, 0.15) is 0 Å². The number of hydrazone groups is 1. The molecule has 1 aromatic carbocycles. The predicted octanol–water partition coefficient (Wildman–Crippen LogP) is 3.04. The van der Waals surface area contributed by atoms with Gasteiger partial charge in [0.05, 0.1) is 11.3 Å². The molecule has 0 fully saturated rings. The van der Waals surface area contributed by atoms with Crippen molar-refractivity contribution in [3.63, 3.8) is 0 Å². The van der Waals surface area contributed by atoms with Gasteiger partial charge >= 0.3 is 5.97 Å². The van der Waals surface area contributed by atoms with E-state index in [1.54, 1.807) is 36.6 Å². The number of hydrogen-bond acceptors (Lipinski definition) is 5. The van der Waals surface area contributed by atoms with Crippen LogP contribution in [0.1, 0.15) is 34.6 Å². The lowest BCUT2D eigenvalue weighted by Gasteiger charge is -2.06. The van der Waals surface area contributed by atoms with Crippen molar-refractivity contribution < 1.29 is 19.5 Å². The van der Waals surface area contributed by atoms with Crippen LogP contribution in [0.3, 0.4) is 0 Å². The van der Waals surface area contributed by atoms with E-state index in [2.05, 4.69) is 15.8 Å². The molecule has 0 saturated carbocycles. The molecule has 7 nitrogen and oxygen atoms in total. The maximum atomic E-state index is 12.1. The third kappa shape index (κ3) is 6.19. The van der Waals surface area contributed by atoms with Gasteiger partial charge in [-0.2, -0.15) is 5.10 Å². The third-order valence-electron chi connectivity index (χ3n) is 3.51. The van der Waals surface area contributed by atoms with Gasteiger partial charge in [0.15, 0.2) is 0 Å². The van der Waals surface area contributed by atoms with Gasteiger partial charge in [-0.1, -0.05) is 19.1 Å². The number of amides is 2. The van der Waals surface area contributed by atoms with Gasteiger partial charge < -0.3 is 10.4 Å². The number of carboxylic acid groups (broad SMARTS) is 1. The van der Waals surface area contributed by atoms with Crippen LogP contribution in [-0.4, -0.2) is 28.6 Å². The number of aliphatic carboxylic acids is 1. The first kappa shape index (κ1) is 20.1. The first-order valence-electron chi connectivity index (χ1n) is 8.13. The predicted molar refractivity (Wildman–Crippen MR) is 105 cm³/mol. The van der Waals surface area contributed by atoms with Crippen molar-refractivity contribution in [2.75, 3.05) is 5.32 Å². The molecule has 0 aliphatic carbocycles. The Hall–Kier alpha value is -3.26. The Labute approximate surface area is 160 Å². The Morgan fingerprint density at radius 1 is 1.19 bits per heavy atom. The van der Waals surface area contributed by atoms with E-state index in [0.29, 0.717) is 22.5 Å². The molecular weight excluding hydrogens is 366 g/mol. The zero-order chi connectivity index (χ0) is 19.8. The Bertz CT molecular complexity index is 915. The van der Waals surface area contributed by atoms with E-state index >= 15 is 0 Å². The Morgan fingerprint density at radius 3 is 2.63 bits per heavy atom. The lowest BCUT2D eigenvalue weighted by atomic mass is 10.1. The van der Waals surface area contributed by atoms with E-state index in [9.17, 15) is 14.4 Å². The second-order valence-electron chi connectivity index (χ2n) is 5.54. The average molecular weight is 385 g/mol. The normalized spacial score (nSPS) is 11.4. The number of rotatable bonds is 7. The number of nitrogens with one attached hydrogen (secondary N) is 2. The molecule has 8 heteroatoms. The second kappa shape index (κ2) is 9.44. The molecule has 3 N–H and O–H groups in total. The highest BCUT2D eigenvalue weighted by Crippen LogP contribution is 2.15. The zero-order valence-corrected chi connectivity index (χ0v) is 15.7. The van der Waals surface area contributed by atoms with Crippen LogP contribution in [0.5, 0.6) is 0 Å². The molecule has 2 aromatic rings. The summed E-state index contributed by atoms with van der Waals surface area (Å²) in [5.41, 5.74) is 4.84. The summed E-state index contributed by atoms with van der Waals surface area (Å²) in [4.78, 5) is 35.3. The number of carboxylic acids is 1. The molecule has 0 bridgehead atoms. The molecule has 1 heterocycles. The minimum Gasteiger partial charge on any atom is -0.478 e. The van der Waals surface area contributed by atoms with Crippen molar-refractivity contribution >= 4 is 40.5 Å². The lowest BCUT2D eigenvalue weighted by Crippen LogP contribution is -2.18. The number of benzene rings is 1. The van der Waals surface area contributed by atoms with Crippen molar-refractivity contribution in [2.24, 2.45) is 5.10 Å². The maximum absolute atomic E-state index is 12.1. The van der Waals surface area contributed by atoms with Crippen LogP contribution in [0.25, 0.3) is 0 Å². The van der Waals surface area contributed by atoms with E-state index in [1.165, 1.54) is 11.3 Å². The van der Waals surface area contributed by atoms with Crippen molar-refractivity contribution in [1.29, 1.82) is 0 Å². The van der Waals surface area contributed by atoms with Gasteiger partial charge in [-0.25, -0.2) is 10.2 Å². The van der Waals surface area contributed by atoms with Gasteiger partial charge in [0.25, 0.3) is 5.91 Å². The molecule has 1 aromatic heterocycles. The number of carbonyl (C=O) groups excluding carboxylic acids is 2. The fourth-order valence-corrected chi connectivity index (χ4v) is 2.92. The molecule has 0 aliphatic heterocycles. The highest BCUT2D eigenvalue weighted by molar-refractivity contribution is 7.10. The minimum absolute atomic E-state index is 0.284. The number of hydrogen-bond donors (Lipinski definition) is 3. The van der Waals surface area contributed by atoms with Crippen LogP contribution < -0.4 is 10.7 Å².